The number of carbonyl (C=O) groups excluding carboxylic acids is 2. The molecule has 3 aromatic carbocycles. The summed E-state index contributed by atoms with van der Waals surface area (Å²) in [6.07, 6.45) is 3.58. The summed E-state index contributed by atoms with van der Waals surface area (Å²) >= 11 is 0. The Morgan fingerprint density at radius 2 is 1.63 bits per heavy atom. The molecule has 0 amide bonds. The van der Waals surface area contributed by atoms with E-state index < -0.39 is 0 Å². The molecule has 0 N–H and O–H groups in total. The summed E-state index contributed by atoms with van der Waals surface area (Å²) in [6.45, 7) is 4.36. The molecule has 0 spiro atoms. The van der Waals surface area contributed by atoms with Gasteiger partial charge in [0.15, 0.2) is 11.6 Å². The Kier molecular flexibility index (Phi) is 3.91. The van der Waals surface area contributed by atoms with Crippen LogP contribution in [0.5, 0.6) is 0 Å². The molecular formula is C26H20BNO2. The van der Waals surface area contributed by atoms with Crippen molar-refractivity contribution in [1.29, 1.82) is 0 Å². The summed E-state index contributed by atoms with van der Waals surface area (Å²) < 4.78 is 0. The average Bonchev–Trinajstić information content (AvgIpc) is 3.08. The van der Waals surface area contributed by atoms with E-state index in [1.807, 2.05) is 19.2 Å². The number of allylic oxidation sites excluding steroid dienone is 4. The van der Waals surface area contributed by atoms with Crippen molar-refractivity contribution in [3.63, 3.8) is 0 Å². The second kappa shape index (κ2) is 6.30. The summed E-state index contributed by atoms with van der Waals surface area (Å²) in [4.78, 5) is 27.7. The van der Waals surface area contributed by atoms with E-state index in [1.54, 1.807) is 24.3 Å². The van der Waals surface area contributed by atoms with E-state index in [2.05, 4.69) is 49.1 Å². The van der Waals surface area contributed by atoms with Crippen molar-refractivity contribution in [2.24, 2.45) is 0 Å². The van der Waals surface area contributed by atoms with Gasteiger partial charge in [-0.05, 0) is 34.6 Å². The largest absolute Gasteiger partial charge is 0.347 e. The summed E-state index contributed by atoms with van der Waals surface area (Å²) in [5.41, 5.74) is 4.64. The first-order valence-electron chi connectivity index (χ1n) is 9.98. The Bertz CT molecular complexity index is 1330. The Morgan fingerprint density at radius 1 is 0.900 bits per heavy atom. The number of carbonyl (C=O) groups is 2. The summed E-state index contributed by atoms with van der Waals surface area (Å²) in [7, 11) is 7.83. The van der Waals surface area contributed by atoms with E-state index >= 15 is 0 Å². The van der Waals surface area contributed by atoms with Gasteiger partial charge in [0.05, 0.1) is 5.57 Å². The van der Waals surface area contributed by atoms with Crippen LogP contribution in [0.3, 0.4) is 0 Å². The highest BCUT2D eigenvalue weighted by Crippen LogP contribution is 2.50. The molecule has 0 fully saturated rings. The van der Waals surface area contributed by atoms with Crippen molar-refractivity contribution >= 4 is 41.3 Å². The number of benzene rings is 3. The molecule has 5 rings (SSSR count). The molecule has 1 aliphatic carbocycles. The maximum absolute atomic E-state index is 12.8. The van der Waals surface area contributed by atoms with Crippen LogP contribution in [0.15, 0.2) is 78.0 Å². The van der Waals surface area contributed by atoms with E-state index in [4.69, 9.17) is 7.85 Å². The third kappa shape index (κ3) is 2.46. The number of anilines is 1. The van der Waals surface area contributed by atoms with Crippen LogP contribution < -0.4 is 10.4 Å². The monoisotopic (exact) mass is 389 g/mol. The van der Waals surface area contributed by atoms with Crippen LogP contribution in [0.1, 0.15) is 40.1 Å². The summed E-state index contributed by atoms with van der Waals surface area (Å²) in [5.74, 6) is -0.506. The number of Topliss-reactive ketones (excluding diaryl/α,β-unsaturated/α-hetero) is 2. The quantitative estimate of drug-likeness (QED) is 0.355. The molecule has 0 aromatic heterocycles. The van der Waals surface area contributed by atoms with Crippen molar-refractivity contribution in [1.82, 2.24) is 0 Å². The molecular weight excluding hydrogens is 369 g/mol. The minimum absolute atomic E-state index is 0.188. The van der Waals surface area contributed by atoms with Gasteiger partial charge in [0.25, 0.3) is 0 Å². The molecule has 4 heteroatoms. The topological polar surface area (TPSA) is 37.4 Å². The molecule has 144 valence electrons. The molecule has 3 aromatic rings. The molecule has 0 unspecified atom stereocenters. The highest BCUT2D eigenvalue weighted by molar-refractivity contribution is 6.41. The minimum Gasteiger partial charge on any atom is -0.347 e. The number of ketones is 2. The third-order valence-corrected chi connectivity index (χ3v) is 6.33. The predicted octanol–water partition coefficient (Wildman–Crippen LogP) is 4.25. The van der Waals surface area contributed by atoms with Crippen molar-refractivity contribution in [3.8, 4) is 0 Å². The standard InChI is InChI=1S/C26H20BNO2/c1-26(2)22(28(3)21-12-8-15-6-4-5-7-17(15)23(21)26)13-11-19-24(29)18-10-9-16(27)14-20(18)25(19)30/h4-14H,1-3H3/b19-11+,22-13+. The van der Waals surface area contributed by atoms with Crippen LogP contribution in [0.4, 0.5) is 5.69 Å². The fraction of sp³-hybridized carbons (Fsp3) is 0.154. The molecule has 30 heavy (non-hydrogen) atoms. The first-order valence-corrected chi connectivity index (χ1v) is 9.98. The van der Waals surface area contributed by atoms with Gasteiger partial charge in [-0.1, -0.05) is 67.8 Å². The number of hydrogen-bond acceptors (Lipinski definition) is 3. The lowest BCUT2D eigenvalue weighted by molar-refractivity contribution is 0.0989. The van der Waals surface area contributed by atoms with Gasteiger partial charge in [-0.25, -0.2) is 0 Å². The number of fused-ring (bicyclic) bond motifs is 4. The Balaban J connectivity index is 1.62. The van der Waals surface area contributed by atoms with Gasteiger partial charge in [-0.2, -0.15) is 0 Å². The van der Waals surface area contributed by atoms with Crippen LogP contribution >= 0.6 is 0 Å². The normalized spacial score (nSPS) is 19.8. The van der Waals surface area contributed by atoms with E-state index in [9.17, 15) is 9.59 Å². The molecule has 2 aliphatic rings. The lowest BCUT2D eigenvalue weighted by atomic mass is 9.81. The second-order valence-corrected chi connectivity index (χ2v) is 8.46. The first kappa shape index (κ1) is 18.6. The van der Waals surface area contributed by atoms with Crippen molar-refractivity contribution < 1.29 is 9.59 Å². The van der Waals surface area contributed by atoms with Gasteiger partial charge >= 0.3 is 0 Å². The van der Waals surface area contributed by atoms with E-state index in [0.29, 0.717) is 16.6 Å². The van der Waals surface area contributed by atoms with Gasteiger partial charge in [0.2, 0.25) is 0 Å². The molecule has 1 heterocycles. The lowest BCUT2D eigenvalue weighted by Gasteiger charge is -2.24. The SMILES string of the molecule is [B]c1ccc2c(c1)C(=O)/C(=C/C=C1/N(C)c3ccc4ccccc4c3C1(C)C)C2=O. The van der Waals surface area contributed by atoms with Crippen LogP contribution in [-0.2, 0) is 5.41 Å². The number of hydrogen-bond donors (Lipinski definition) is 0. The lowest BCUT2D eigenvalue weighted by Crippen LogP contribution is -2.22. The van der Waals surface area contributed by atoms with Gasteiger partial charge in [-0.15, -0.1) is 0 Å². The summed E-state index contributed by atoms with van der Waals surface area (Å²) in [5, 5.41) is 2.42. The van der Waals surface area contributed by atoms with E-state index in [0.717, 1.165) is 11.4 Å². The highest BCUT2D eigenvalue weighted by atomic mass is 16.2. The maximum Gasteiger partial charge on any atom is 0.197 e. The predicted molar refractivity (Wildman–Crippen MR) is 122 cm³/mol. The van der Waals surface area contributed by atoms with Crippen molar-refractivity contribution in [2.45, 2.75) is 19.3 Å². The van der Waals surface area contributed by atoms with Crippen LogP contribution in [0, 0.1) is 0 Å². The molecule has 0 saturated heterocycles. The summed E-state index contributed by atoms with van der Waals surface area (Å²) in [6, 6.07) is 17.5. The zero-order valence-corrected chi connectivity index (χ0v) is 17.2. The highest BCUT2D eigenvalue weighted by Gasteiger charge is 2.40. The van der Waals surface area contributed by atoms with E-state index in [1.165, 1.54) is 16.3 Å². The fourth-order valence-corrected chi connectivity index (χ4v) is 4.85. The van der Waals surface area contributed by atoms with Gasteiger partial charge in [0, 0.05) is 35.0 Å². The smallest absolute Gasteiger partial charge is 0.197 e. The first-order chi connectivity index (χ1) is 14.3. The van der Waals surface area contributed by atoms with Crippen LogP contribution in [-0.4, -0.2) is 26.5 Å². The van der Waals surface area contributed by atoms with Crippen LogP contribution in [0.25, 0.3) is 10.8 Å². The number of rotatable bonds is 1. The molecule has 0 saturated carbocycles. The Morgan fingerprint density at radius 3 is 2.43 bits per heavy atom. The van der Waals surface area contributed by atoms with Crippen molar-refractivity contribution in [2.75, 3.05) is 11.9 Å². The van der Waals surface area contributed by atoms with E-state index in [-0.39, 0.29) is 22.6 Å². The van der Waals surface area contributed by atoms with Crippen molar-refractivity contribution in [3.05, 3.63) is 94.7 Å². The van der Waals surface area contributed by atoms with Gasteiger partial charge in [-0.3, -0.25) is 9.59 Å². The molecule has 3 nitrogen and oxygen atoms in total. The maximum atomic E-state index is 12.8. The van der Waals surface area contributed by atoms with Gasteiger partial charge in [0.1, 0.15) is 7.85 Å². The van der Waals surface area contributed by atoms with Crippen LogP contribution in [0.2, 0.25) is 0 Å². The fourth-order valence-electron chi connectivity index (χ4n) is 4.85. The average molecular weight is 389 g/mol. The number of nitrogens with zero attached hydrogens (tertiary/aromatic N) is 1. The second-order valence-electron chi connectivity index (χ2n) is 8.46. The number of likely N-dealkylation sites (N-methyl/N-ethyl adjacent to an activating group) is 1. The zero-order valence-electron chi connectivity index (χ0n) is 17.2. The Hall–Kier alpha value is -3.40. The Labute approximate surface area is 177 Å². The molecule has 0 bridgehead atoms. The molecule has 2 radical (unpaired) electrons. The van der Waals surface area contributed by atoms with Gasteiger partial charge < -0.3 is 4.90 Å². The molecule has 0 atom stereocenters. The minimum atomic E-state index is -0.274. The molecule has 1 aliphatic heterocycles. The zero-order chi connectivity index (χ0) is 21.2. The third-order valence-electron chi connectivity index (χ3n) is 6.33.